The molecule has 2 aromatic rings. The molecule has 0 bridgehead atoms. The Morgan fingerprint density at radius 3 is 2.64 bits per heavy atom. The minimum atomic E-state index is -0.247. The van der Waals surface area contributed by atoms with E-state index in [0.29, 0.717) is 24.1 Å². The first-order valence-electron chi connectivity index (χ1n) is 7.20. The Hall–Kier alpha value is -2.67. The molecule has 1 amide bonds. The molecule has 1 fully saturated rings. The molecule has 2 unspecified atom stereocenters. The summed E-state index contributed by atoms with van der Waals surface area (Å²) in [6.07, 6.45) is 1.03. The fraction of sp³-hybridized carbons (Fsp3) is 0.222. The zero-order valence-electron chi connectivity index (χ0n) is 11.9. The van der Waals surface area contributed by atoms with E-state index in [4.69, 9.17) is 5.26 Å². The van der Waals surface area contributed by atoms with E-state index in [0.717, 1.165) is 5.56 Å². The highest BCUT2D eigenvalue weighted by Gasteiger charge is 2.45. The number of nitriles is 1. The number of nitrogens with one attached hydrogen (secondary N) is 1. The lowest BCUT2D eigenvalue weighted by molar-refractivity contribution is -0.117. The number of hydrogen-bond donors (Lipinski definition) is 1. The Morgan fingerprint density at radius 2 is 1.95 bits per heavy atom. The van der Waals surface area contributed by atoms with Gasteiger partial charge in [0.1, 0.15) is 5.82 Å². The number of carbonyl (C=O) groups excluding carboxylic acids is 1. The number of benzene rings is 2. The summed E-state index contributed by atoms with van der Waals surface area (Å²) >= 11 is 0. The van der Waals surface area contributed by atoms with Gasteiger partial charge < -0.3 is 5.32 Å². The molecule has 2 atom stereocenters. The number of hydrogen-bond acceptors (Lipinski definition) is 2. The minimum Gasteiger partial charge on any atom is -0.326 e. The number of carbonyl (C=O) groups is 1. The lowest BCUT2D eigenvalue weighted by Gasteiger charge is -2.06. The molecule has 3 nitrogen and oxygen atoms in total. The van der Waals surface area contributed by atoms with Crippen LogP contribution in [0.25, 0.3) is 0 Å². The largest absolute Gasteiger partial charge is 0.326 e. The Morgan fingerprint density at radius 1 is 1.23 bits per heavy atom. The van der Waals surface area contributed by atoms with E-state index in [-0.39, 0.29) is 23.6 Å². The molecule has 2 aromatic carbocycles. The van der Waals surface area contributed by atoms with Gasteiger partial charge in [-0.05, 0) is 41.7 Å². The van der Waals surface area contributed by atoms with Gasteiger partial charge in [-0.2, -0.15) is 5.26 Å². The van der Waals surface area contributed by atoms with Crippen molar-refractivity contribution in [2.24, 2.45) is 5.92 Å². The predicted molar refractivity (Wildman–Crippen MR) is 81.6 cm³/mol. The van der Waals surface area contributed by atoms with Gasteiger partial charge >= 0.3 is 0 Å². The summed E-state index contributed by atoms with van der Waals surface area (Å²) in [5, 5.41) is 11.5. The van der Waals surface area contributed by atoms with Crippen LogP contribution in [0.1, 0.15) is 23.5 Å². The van der Waals surface area contributed by atoms with Gasteiger partial charge in [0.2, 0.25) is 5.91 Å². The van der Waals surface area contributed by atoms with E-state index in [2.05, 4.69) is 11.4 Å². The second-order valence-corrected chi connectivity index (χ2v) is 5.49. The molecule has 0 spiro atoms. The van der Waals surface area contributed by atoms with E-state index in [1.807, 2.05) is 12.1 Å². The third-order valence-electron chi connectivity index (χ3n) is 3.94. The molecule has 4 heteroatoms. The number of rotatable bonds is 4. The van der Waals surface area contributed by atoms with Gasteiger partial charge in [-0.15, -0.1) is 0 Å². The lowest BCUT2D eigenvalue weighted by Crippen LogP contribution is -2.14. The van der Waals surface area contributed by atoms with Gasteiger partial charge in [0.15, 0.2) is 0 Å². The third-order valence-corrected chi connectivity index (χ3v) is 3.94. The van der Waals surface area contributed by atoms with Crippen LogP contribution in [0.3, 0.4) is 0 Å². The highest BCUT2D eigenvalue weighted by molar-refractivity contribution is 5.95. The second-order valence-electron chi connectivity index (χ2n) is 5.49. The van der Waals surface area contributed by atoms with Crippen molar-refractivity contribution in [2.45, 2.75) is 18.8 Å². The smallest absolute Gasteiger partial charge is 0.228 e. The van der Waals surface area contributed by atoms with Crippen molar-refractivity contribution < 1.29 is 9.18 Å². The van der Waals surface area contributed by atoms with E-state index >= 15 is 0 Å². The molecule has 1 saturated carbocycles. The molecule has 0 radical (unpaired) electrons. The maximum Gasteiger partial charge on any atom is 0.228 e. The van der Waals surface area contributed by atoms with E-state index in [1.165, 1.54) is 6.07 Å². The minimum absolute atomic E-state index is 0.0286. The SMILES string of the molecule is N#CCc1ccc(NC(=O)C2CC2c2ccccc2F)cc1. The summed E-state index contributed by atoms with van der Waals surface area (Å²) in [6.45, 7) is 0. The van der Waals surface area contributed by atoms with Crippen LogP contribution < -0.4 is 5.32 Å². The number of halogens is 1. The van der Waals surface area contributed by atoms with E-state index in [1.54, 1.807) is 30.3 Å². The van der Waals surface area contributed by atoms with Gasteiger partial charge in [0.25, 0.3) is 0 Å². The van der Waals surface area contributed by atoms with Gasteiger partial charge in [0.05, 0.1) is 12.5 Å². The summed E-state index contributed by atoms with van der Waals surface area (Å²) in [7, 11) is 0. The standard InChI is InChI=1S/C18H15FN2O/c19-17-4-2-1-3-14(17)15-11-16(15)18(22)21-13-7-5-12(6-8-13)9-10-20/h1-8,15-16H,9,11H2,(H,21,22). The van der Waals surface area contributed by atoms with Crippen molar-refractivity contribution in [1.82, 2.24) is 0 Å². The normalized spacial score (nSPS) is 19.3. The molecule has 0 aromatic heterocycles. The van der Waals surface area contributed by atoms with Crippen LogP contribution in [-0.4, -0.2) is 5.91 Å². The highest BCUT2D eigenvalue weighted by atomic mass is 19.1. The van der Waals surface area contributed by atoms with Crippen LogP contribution >= 0.6 is 0 Å². The Labute approximate surface area is 128 Å². The summed E-state index contributed by atoms with van der Waals surface area (Å²) in [4.78, 5) is 12.2. The molecule has 110 valence electrons. The lowest BCUT2D eigenvalue weighted by atomic mass is 10.1. The average molecular weight is 294 g/mol. The van der Waals surface area contributed by atoms with Crippen molar-refractivity contribution >= 4 is 11.6 Å². The molecule has 3 rings (SSSR count). The summed E-state index contributed by atoms with van der Waals surface area (Å²) < 4.78 is 13.7. The molecule has 1 aliphatic rings. The molecule has 1 aliphatic carbocycles. The molecule has 0 aliphatic heterocycles. The maximum absolute atomic E-state index is 13.7. The monoisotopic (exact) mass is 294 g/mol. The fourth-order valence-electron chi connectivity index (χ4n) is 2.64. The topological polar surface area (TPSA) is 52.9 Å². The van der Waals surface area contributed by atoms with Crippen molar-refractivity contribution in [2.75, 3.05) is 5.32 Å². The zero-order valence-corrected chi connectivity index (χ0v) is 11.9. The first-order chi connectivity index (χ1) is 10.7. The molecule has 0 saturated heterocycles. The van der Waals surface area contributed by atoms with Crippen molar-refractivity contribution in [3.63, 3.8) is 0 Å². The number of nitrogens with zero attached hydrogens (tertiary/aromatic N) is 1. The molecule has 0 heterocycles. The fourth-order valence-corrected chi connectivity index (χ4v) is 2.64. The van der Waals surface area contributed by atoms with Crippen LogP contribution in [0, 0.1) is 23.1 Å². The van der Waals surface area contributed by atoms with Crippen LogP contribution in [-0.2, 0) is 11.2 Å². The van der Waals surface area contributed by atoms with E-state index < -0.39 is 0 Å². The molecular formula is C18H15FN2O. The predicted octanol–water partition coefficient (Wildman–Crippen LogP) is 3.63. The number of amides is 1. The summed E-state index contributed by atoms with van der Waals surface area (Å²) in [5.41, 5.74) is 2.23. The maximum atomic E-state index is 13.7. The van der Waals surface area contributed by atoms with Gasteiger partial charge in [-0.25, -0.2) is 4.39 Å². The van der Waals surface area contributed by atoms with Gasteiger partial charge in [-0.1, -0.05) is 30.3 Å². The summed E-state index contributed by atoms with van der Waals surface area (Å²) in [5.74, 6) is -0.528. The molecule has 22 heavy (non-hydrogen) atoms. The van der Waals surface area contributed by atoms with Crippen LogP contribution in [0.4, 0.5) is 10.1 Å². The second kappa shape index (κ2) is 5.98. The third kappa shape index (κ3) is 2.99. The molecular weight excluding hydrogens is 279 g/mol. The quantitative estimate of drug-likeness (QED) is 0.936. The van der Waals surface area contributed by atoms with Crippen molar-refractivity contribution in [1.29, 1.82) is 5.26 Å². The number of anilines is 1. The van der Waals surface area contributed by atoms with Crippen LogP contribution in [0.2, 0.25) is 0 Å². The zero-order chi connectivity index (χ0) is 15.5. The summed E-state index contributed by atoms with van der Waals surface area (Å²) in [6, 6.07) is 15.9. The van der Waals surface area contributed by atoms with Crippen LogP contribution in [0.15, 0.2) is 48.5 Å². The van der Waals surface area contributed by atoms with Gasteiger partial charge in [0, 0.05) is 11.6 Å². The van der Waals surface area contributed by atoms with Crippen LogP contribution in [0.5, 0.6) is 0 Å². The van der Waals surface area contributed by atoms with Crippen molar-refractivity contribution in [3.8, 4) is 6.07 Å². The van der Waals surface area contributed by atoms with Gasteiger partial charge in [-0.3, -0.25) is 4.79 Å². The van der Waals surface area contributed by atoms with Crippen molar-refractivity contribution in [3.05, 3.63) is 65.5 Å². The van der Waals surface area contributed by atoms with E-state index in [9.17, 15) is 9.18 Å². The Bertz CT molecular complexity index is 733. The first kappa shape index (κ1) is 14.3. The molecule has 1 N–H and O–H groups in total. The first-order valence-corrected chi connectivity index (χ1v) is 7.20. The Balaban J connectivity index is 1.62. The highest BCUT2D eigenvalue weighted by Crippen LogP contribution is 2.48. The average Bonchev–Trinajstić information content (AvgIpc) is 3.30. The Kier molecular flexibility index (Phi) is 3.88.